The van der Waals surface area contributed by atoms with Gasteiger partial charge in [0.1, 0.15) is 6.61 Å². The van der Waals surface area contributed by atoms with Gasteiger partial charge in [-0.25, -0.2) is 4.39 Å². The van der Waals surface area contributed by atoms with Crippen molar-refractivity contribution < 1.29 is 13.9 Å². The van der Waals surface area contributed by atoms with Crippen molar-refractivity contribution in [3.63, 3.8) is 0 Å². The summed E-state index contributed by atoms with van der Waals surface area (Å²) >= 11 is 0. The Morgan fingerprint density at radius 1 is 1.44 bits per heavy atom. The molecular weight excluding hydrogens is 235 g/mol. The fourth-order valence-corrected chi connectivity index (χ4v) is 1.42. The van der Waals surface area contributed by atoms with Gasteiger partial charge in [0, 0.05) is 13.5 Å². The summed E-state index contributed by atoms with van der Waals surface area (Å²) in [4.78, 5) is 13.1. The molecule has 0 aliphatic carbocycles. The van der Waals surface area contributed by atoms with Gasteiger partial charge in [0.05, 0.1) is 6.54 Å². The van der Waals surface area contributed by atoms with Gasteiger partial charge in [-0.2, -0.15) is 0 Å². The number of rotatable bonds is 7. The minimum atomic E-state index is -0.394. The lowest BCUT2D eigenvalue weighted by molar-refractivity contribution is -0.130. The predicted molar refractivity (Wildman–Crippen MR) is 67.8 cm³/mol. The fraction of sp³-hybridized carbons (Fsp3) is 0.462. The van der Waals surface area contributed by atoms with Gasteiger partial charge in [0.15, 0.2) is 11.6 Å². The monoisotopic (exact) mass is 254 g/mol. The number of carbonyl (C=O) groups excluding carboxylic acids is 1. The Kier molecular flexibility index (Phi) is 6.14. The van der Waals surface area contributed by atoms with Crippen LogP contribution in [0.5, 0.6) is 5.75 Å². The number of para-hydroxylation sites is 1. The van der Waals surface area contributed by atoms with Gasteiger partial charge in [-0.3, -0.25) is 4.79 Å². The maximum Gasteiger partial charge on any atom is 0.222 e. The first-order valence-electron chi connectivity index (χ1n) is 5.96. The third kappa shape index (κ3) is 4.71. The lowest BCUT2D eigenvalue weighted by Gasteiger charge is -2.17. The molecule has 0 atom stereocenters. The van der Waals surface area contributed by atoms with Gasteiger partial charge in [0.2, 0.25) is 5.91 Å². The van der Waals surface area contributed by atoms with Gasteiger partial charge in [-0.1, -0.05) is 12.1 Å². The highest BCUT2D eigenvalue weighted by Crippen LogP contribution is 2.14. The highest BCUT2D eigenvalue weighted by Gasteiger charge is 2.08. The molecule has 1 aromatic carbocycles. The van der Waals surface area contributed by atoms with Crippen LogP contribution in [0.15, 0.2) is 24.3 Å². The molecule has 0 radical (unpaired) electrons. The van der Waals surface area contributed by atoms with Crippen LogP contribution < -0.4 is 10.5 Å². The van der Waals surface area contributed by atoms with Crippen LogP contribution in [-0.2, 0) is 4.79 Å². The summed E-state index contributed by atoms with van der Waals surface area (Å²) in [5, 5.41) is 0. The van der Waals surface area contributed by atoms with E-state index >= 15 is 0 Å². The third-order valence-electron chi connectivity index (χ3n) is 2.54. The molecule has 1 rings (SSSR count). The molecule has 0 fully saturated rings. The zero-order valence-electron chi connectivity index (χ0n) is 10.6. The van der Waals surface area contributed by atoms with Crippen molar-refractivity contribution in [2.45, 2.75) is 12.8 Å². The number of benzene rings is 1. The Balaban J connectivity index is 2.29. The van der Waals surface area contributed by atoms with Crippen LogP contribution in [0.25, 0.3) is 0 Å². The lowest BCUT2D eigenvalue weighted by Crippen LogP contribution is -2.31. The van der Waals surface area contributed by atoms with E-state index in [4.69, 9.17) is 10.5 Å². The molecule has 1 aromatic rings. The molecule has 0 heterocycles. The van der Waals surface area contributed by atoms with E-state index < -0.39 is 5.82 Å². The SMILES string of the molecule is CN(CCOc1ccccc1F)C(=O)CCCN. The van der Waals surface area contributed by atoms with Crippen LogP contribution in [0.2, 0.25) is 0 Å². The second kappa shape index (κ2) is 7.66. The first-order valence-corrected chi connectivity index (χ1v) is 5.96. The highest BCUT2D eigenvalue weighted by molar-refractivity contribution is 5.75. The van der Waals surface area contributed by atoms with Crippen molar-refractivity contribution in [3.8, 4) is 5.75 Å². The van der Waals surface area contributed by atoms with Crippen molar-refractivity contribution in [3.05, 3.63) is 30.1 Å². The summed E-state index contributed by atoms with van der Waals surface area (Å²) < 4.78 is 18.5. The molecule has 0 unspecified atom stereocenters. The number of likely N-dealkylation sites (N-methyl/N-ethyl adjacent to an activating group) is 1. The average Bonchev–Trinajstić information content (AvgIpc) is 2.38. The van der Waals surface area contributed by atoms with Crippen LogP contribution in [0.3, 0.4) is 0 Å². The number of amides is 1. The van der Waals surface area contributed by atoms with Crippen molar-refractivity contribution in [2.75, 3.05) is 26.7 Å². The third-order valence-corrected chi connectivity index (χ3v) is 2.54. The maximum absolute atomic E-state index is 13.2. The second-order valence-electron chi connectivity index (χ2n) is 3.99. The van der Waals surface area contributed by atoms with Gasteiger partial charge >= 0.3 is 0 Å². The standard InChI is InChI=1S/C13H19FN2O2/c1-16(13(17)7-4-8-15)9-10-18-12-6-3-2-5-11(12)14/h2-3,5-6H,4,7-10,15H2,1H3. The Bertz CT molecular complexity index is 385. The maximum atomic E-state index is 13.2. The summed E-state index contributed by atoms with van der Waals surface area (Å²) in [5.74, 6) is -0.160. The van der Waals surface area contributed by atoms with Gasteiger partial charge in [0.25, 0.3) is 0 Å². The molecule has 0 saturated heterocycles. The van der Waals surface area contributed by atoms with E-state index in [2.05, 4.69) is 0 Å². The molecule has 0 aromatic heterocycles. The van der Waals surface area contributed by atoms with Crippen LogP contribution in [0.4, 0.5) is 4.39 Å². The summed E-state index contributed by atoms with van der Waals surface area (Å²) in [6.45, 7) is 1.20. The second-order valence-corrected chi connectivity index (χ2v) is 3.99. The van der Waals surface area contributed by atoms with Crippen LogP contribution >= 0.6 is 0 Å². The lowest BCUT2D eigenvalue weighted by atomic mass is 10.3. The number of nitrogens with two attached hydrogens (primary N) is 1. The number of ether oxygens (including phenoxy) is 1. The van der Waals surface area contributed by atoms with Crippen LogP contribution in [0.1, 0.15) is 12.8 Å². The van der Waals surface area contributed by atoms with E-state index in [1.165, 1.54) is 6.07 Å². The van der Waals surface area contributed by atoms with E-state index in [1.807, 2.05) is 0 Å². The average molecular weight is 254 g/mol. The molecule has 5 heteroatoms. The highest BCUT2D eigenvalue weighted by atomic mass is 19.1. The Morgan fingerprint density at radius 3 is 2.83 bits per heavy atom. The molecule has 0 saturated carbocycles. The fourth-order valence-electron chi connectivity index (χ4n) is 1.42. The Morgan fingerprint density at radius 2 is 2.17 bits per heavy atom. The van der Waals surface area contributed by atoms with Crippen molar-refractivity contribution in [2.24, 2.45) is 5.73 Å². The largest absolute Gasteiger partial charge is 0.489 e. The normalized spacial score (nSPS) is 10.2. The molecule has 0 bridgehead atoms. The number of hydrogen-bond donors (Lipinski definition) is 1. The van der Waals surface area contributed by atoms with Crippen molar-refractivity contribution >= 4 is 5.91 Å². The molecule has 4 nitrogen and oxygen atoms in total. The van der Waals surface area contributed by atoms with Crippen LogP contribution in [0, 0.1) is 5.82 Å². The van der Waals surface area contributed by atoms with Gasteiger partial charge in [-0.15, -0.1) is 0 Å². The van der Waals surface area contributed by atoms with Crippen LogP contribution in [-0.4, -0.2) is 37.6 Å². The molecule has 0 spiro atoms. The number of carbonyl (C=O) groups is 1. The molecular formula is C13H19FN2O2. The minimum Gasteiger partial charge on any atom is -0.489 e. The zero-order valence-corrected chi connectivity index (χ0v) is 10.6. The Labute approximate surface area is 107 Å². The van der Waals surface area contributed by atoms with Gasteiger partial charge < -0.3 is 15.4 Å². The summed E-state index contributed by atoms with van der Waals surface area (Å²) in [5.41, 5.74) is 5.33. The first-order chi connectivity index (χ1) is 8.65. The topological polar surface area (TPSA) is 55.6 Å². The molecule has 2 N–H and O–H groups in total. The van der Waals surface area contributed by atoms with Crippen molar-refractivity contribution in [1.82, 2.24) is 4.90 Å². The van der Waals surface area contributed by atoms with E-state index in [0.717, 1.165) is 0 Å². The molecule has 100 valence electrons. The van der Waals surface area contributed by atoms with E-state index in [1.54, 1.807) is 30.1 Å². The van der Waals surface area contributed by atoms with Crippen molar-refractivity contribution in [1.29, 1.82) is 0 Å². The zero-order chi connectivity index (χ0) is 13.4. The number of halogens is 1. The van der Waals surface area contributed by atoms with Gasteiger partial charge in [-0.05, 0) is 25.1 Å². The summed E-state index contributed by atoms with van der Waals surface area (Å²) in [6, 6.07) is 6.20. The molecule has 18 heavy (non-hydrogen) atoms. The molecule has 0 aliphatic rings. The number of nitrogens with zero attached hydrogens (tertiary/aromatic N) is 1. The predicted octanol–water partition coefficient (Wildman–Crippen LogP) is 1.40. The smallest absolute Gasteiger partial charge is 0.222 e. The van der Waals surface area contributed by atoms with E-state index in [9.17, 15) is 9.18 Å². The minimum absolute atomic E-state index is 0.0255. The Hall–Kier alpha value is -1.62. The molecule has 1 amide bonds. The quantitative estimate of drug-likeness (QED) is 0.800. The molecule has 0 aliphatic heterocycles. The van der Waals surface area contributed by atoms with E-state index in [-0.39, 0.29) is 18.3 Å². The summed E-state index contributed by atoms with van der Waals surface area (Å²) in [7, 11) is 1.70. The van der Waals surface area contributed by atoms with E-state index in [0.29, 0.717) is 25.9 Å². The first kappa shape index (κ1) is 14.4. The number of hydrogen-bond acceptors (Lipinski definition) is 3. The summed E-state index contributed by atoms with van der Waals surface area (Å²) in [6.07, 6.45) is 1.12.